The van der Waals surface area contributed by atoms with Gasteiger partial charge in [-0.1, -0.05) is 41.9 Å². The molecule has 0 radical (unpaired) electrons. The SMILES string of the molecule is CCN(C(=O)c1ccnc2c(-c3ccc(Cl)cc3)cnn12)c1ccccc1. The lowest BCUT2D eigenvalue weighted by Gasteiger charge is -2.21. The maximum Gasteiger partial charge on any atom is 0.277 e. The molecule has 0 bridgehead atoms. The van der Waals surface area contributed by atoms with Crippen LogP contribution in [0.3, 0.4) is 0 Å². The predicted octanol–water partition coefficient (Wildman–Crippen LogP) is 4.72. The lowest BCUT2D eigenvalue weighted by molar-refractivity contribution is 0.0981. The number of carbonyl (C=O) groups is 1. The van der Waals surface area contributed by atoms with Gasteiger partial charge in [0.1, 0.15) is 5.69 Å². The minimum atomic E-state index is -0.123. The first-order chi connectivity index (χ1) is 13.2. The summed E-state index contributed by atoms with van der Waals surface area (Å²) in [7, 11) is 0. The number of rotatable bonds is 4. The molecule has 134 valence electrons. The van der Waals surface area contributed by atoms with Crippen molar-refractivity contribution in [3.63, 3.8) is 0 Å². The lowest BCUT2D eigenvalue weighted by Crippen LogP contribution is -2.32. The van der Waals surface area contributed by atoms with Crippen LogP contribution in [-0.2, 0) is 0 Å². The van der Waals surface area contributed by atoms with E-state index in [0.717, 1.165) is 16.8 Å². The number of benzene rings is 2. The molecule has 0 unspecified atom stereocenters. The molecule has 0 fully saturated rings. The van der Waals surface area contributed by atoms with Crippen molar-refractivity contribution in [2.75, 3.05) is 11.4 Å². The van der Waals surface area contributed by atoms with Crippen LogP contribution in [0.4, 0.5) is 5.69 Å². The van der Waals surface area contributed by atoms with Gasteiger partial charge in [-0.25, -0.2) is 9.50 Å². The zero-order valence-corrected chi connectivity index (χ0v) is 15.5. The van der Waals surface area contributed by atoms with Gasteiger partial charge in [0.25, 0.3) is 5.91 Å². The molecule has 2 heterocycles. The van der Waals surface area contributed by atoms with Crippen LogP contribution in [0.15, 0.2) is 73.1 Å². The Kier molecular flexibility index (Phi) is 4.60. The van der Waals surface area contributed by atoms with E-state index in [2.05, 4.69) is 10.1 Å². The van der Waals surface area contributed by atoms with E-state index in [9.17, 15) is 4.79 Å². The summed E-state index contributed by atoms with van der Waals surface area (Å²) in [6, 6.07) is 18.8. The molecule has 0 aliphatic rings. The van der Waals surface area contributed by atoms with Crippen LogP contribution in [0.5, 0.6) is 0 Å². The number of aromatic nitrogens is 3. The molecule has 0 aliphatic heterocycles. The lowest BCUT2D eigenvalue weighted by atomic mass is 10.1. The molecule has 4 rings (SSSR count). The molecule has 0 aliphatic carbocycles. The predicted molar refractivity (Wildman–Crippen MR) is 107 cm³/mol. The average Bonchev–Trinajstić information content (AvgIpc) is 3.14. The van der Waals surface area contributed by atoms with E-state index in [0.29, 0.717) is 22.9 Å². The topological polar surface area (TPSA) is 50.5 Å². The van der Waals surface area contributed by atoms with Gasteiger partial charge in [-0.3, -0.25) is 4.79 Å². The average molecular weight is 377 g/mol. The van der Waals surface area contributed by atoms with Gasteiger partial charge in [0.05, 0.1) is 6.20 Å². The van der Waals surface area contributed by atoms with Crippen LogP contribution in [-0.4, -0.2) is 27.0 Å². The normalized spacial score (nSPS) is 10.9. The van der Waals surface area contributed by atoms with E-state index in [1.165, 1.54) is 0 Å². The highest BCUT2D eigenvalue weighted by Gasteiger charge is 2.21. The van der Waals surface area contributed by atoms with E-state index >= 15 is 0 Å². The van der Waals surface area contributed by atoms with E-state index in [4.69, 9.17) is 11.6 Å². The molecular formula is C21H17ClN4O. The third-order valence-corrected chi connectivity index (χ3v) is 4.66. The fraction of sp³-hybridized carbons (Fsp3) is 0.0952. The molecule has 6 heteroatoms. The smallest absolute Gasteiger partial charge is 0.277 e. The summed E-state index contributed by atoms with van der Waals surface area (Å²) in [5.41, 5.74) is 3.74. The molecule has 4 aromatic rings. The standard InChI is InChI=1S/C21H17ClN4O/c1-2-25(17-6-4-3-5-7-17)21(27)19-12-13-23-20-18(14-24-26(19)20)15-8-10-16(22)11-9-15/h3-14H,2H2,1H3. The third-order valence-electron chi connectivity index (χ3n) is 4.40. The van der Waals surface area contributed by atoms with Gasteiger partial charge in [0, 0.05) is 29.0 Å². The van der Waals surface area contributed by atoms with Gasteiger partial charge in [0.15, 0.2) is 5.65 Å². The summed E-state index contributed by atoms with van der Waals surface area (Å²) in [4.78, 5) is 19.4. The van der Waals surface area contributed by atoms with Crippen molar-refractivity contribution in [1.82, 2.24) is 14.6 Å². The Hall–Kier alpha value is -3.18. The molecule has 27 heavy (non-hydrogen) atoms. The van der Waals surface area contributed by atoms with Crippen LogP contribution < -0.4 is 4.90 Å². The van der Waals surface area contributed by atoms with Crippen LogP contribution in [0, 0.1) is 0 Å². The van der Waals surface area contributed by atoms with Crippen molar-refractivity contribution in [3.05, 3.63) is 83.8 Å². The number of hydrogen-bond acceptors (Lipinski definition) is 3. The van der Waals surface area contributed by atoms with Gasteiger partial charge in [-0.2, -0.15) is 5.10 Å². The fourth-order valence-electron chi connectivity index (χ4n) is 3.08. The van der Waals surface area contributed by atoms with Crippen LogP contribution in [0.2, 0.25) is 5.02 Å². The number of nitrogens with zero attached hydrogens (tertiary/aromatic N) is 4. The molecule has 2 aromatic heterocycles. The molecule has 0 saturated heterocycles. The van der Waals surface area contributed by atoms with Crippen molar-refractivity contribution in [2.45, 2.75) is 6.92 Å². The van der Waals surface area contributed by atoms with Crippen LogP contribution in [0.1, 0.15) is 17.4 Å². The second-order valence-corrected chi connectivity index (χ2v) is 6.45. The Bertz CT molecular complexity index is 1090. The monoisotopic (exact) mass is 376 g/mol. The van der Waals surface area contributed by atoms with Crippen LogP contribution >= 0.6 is 11.6 Å². The van der Waals surface area contributed by atoms with Gasteiger partial charge in [0.2, 0.25) is 0 Å². The second-order valence-electron chi connectivity index (χ2n) is 6.02. The van der Waals surface area contributed by atoms with Crippen molar-refractivity contribution < 1.29 is 4.79 Å². The Morgan fingerprint density at radius 1 is 1.07 bits per heavy atom. The number of carbonyl (C=O) groups excluding carboxylic acids is 1. The number of halogens is 1. The van der Waals surface area contributed by atoms with Gasteiger partial charge >= 0.3 is 0 Å². The molecule has 0 N–H and O–H groups in total. The van der Waals surface area contributed by atoms with Crippen LogP contribution in [0.25, 0.3) is 16.8 Å². The summed E-state index contributed by atoms with van der Waals surface area (Å²) in [6.07, 6.45) is 3.36. The summed E-state index contributed by atoms with van der Waals surface area (Å²) in [5, 5.41) is 5.09. The Balaban J connectivity index is 1.79. The summed E-state index contributed by atoms with van der Waals surface area (Å²) in [5.74, 6) is -0.123. The largest absolute Gasteiger partial charge is 0.307 e. The summed E-state index contributed by atoms with van der Waals surface area (Å²) >= 11 is 5.98. The zero-order valence-electron chi connectivity index (χ0n) is 14.7. The molecule has 0 spiro atoms. The number of fused-ring (bicyclic) bond motifs is 1. The first-order valence-electron chi connectivity index (χ1n) is 8.64. The van der Waals surface area contributed by atoms with Gasteiger partial charge in [-0.05, 0) is 42.8 Å². The number of amides is 1. The maximum atomic E-state index is 13.2. The number of para-hydroxylation sites is 1. The Morgan fingerprint density at radius 2 is 1.81 bits per heavy atom. The third kappa shape index (κ3) is 3.17. The van der Waals surface area contributed by atoms with Crippen molar-refractivity contribution in [2.24, 2.45) is 0 Å². The quantitative estimate of drug-likeness (QED) is 0.518. The summed E-state index contributed by atoms with van der Waals surface area (Å²) in [6.45, 7) is 2.50. The number of anilines is 1. The Morgan fingerprint density at radius 3 is 2.52 bits per heavy atom. The summed E-state index contributed by atoms with van der Waals surface area (Å²) < 4.78 is 1.60. The molecule has 5 nitrogen and oxygen atoms in total. The van der Waals surface area contributed by atoms with E-state index in [1.54, 1.807) is 27.9 Å². The number of hydrogen-bond donors (Lipinski definition) is 0. The molecule has 2 aromatic carbocycles. The zero-order chi connectivity index (χ0) is 18.8. The molecule has 1 amide bonds. The Labute approximate surface area is 161 Å². The van der Waals surface area contributed by atoms with E-state index in [1.807, 2.05) is 61.5 Å². The maximum absolute atomic E-state index is 13.2. The highest BCUT2D eigenvalue weighted by molar-refractivity contribution is 6.30. The van der Waals surface area contributed by atoms with E-state index in [-0.39, 0.29) is 5.91 Å². The van der Waals surface area contributed by atoms with Crippen molar-refractivity contribution in [3.8, 4) is 11.1 Å². The molecular weight excluding hydrogens is 360 g/mol. The van der Waals surface area contributed by atoms with Crippen molar-refractivity contribution >= 4 is 28.8 Å². The van der Waals surface area contributed by atoms with Gasteiger partial charge in [-0.15, -0.1) is 0 Å². The minimum absolute atomic E-state index is 0.123. The minimum Gasteiger partial charge on any atom is -0.307 e. The second kappa shape index (κ2) is 7.21. The van der Waals surface area contributed by atoms with E-state index < -0.39 is 0 Å². The molecule has 0 atom stereocenters. The fourth-order valence-corrected chi connectivity index (χ4v) is 3.20. The highest BCUT2D eigenvalue weighted by Crippen LogP contribution is 2.26. The van der Waals surface area contributed by atoms with Crippen molar-refractivity contribution in [1.29, 1.82) is 0 Å². The first kappa shape index (κ1) is 17.2. The van der Waals surface area contributed by atoms with Gasteiger partial charge < -0.3 is 4.90 Å². The molecule has 0 saturated carbocycles. The first-order valence-corrected chi connectivity index (χ1v) is 9.02. The highest BCUT2D eigenvalue weighted by atomic mass is 35.5.